The second-order valence-electron chi connectivity index (χ2n) is 2.94. The van der Waals surface area contributed by atoms with Gasteiger partial charge in [0.05, 0.1) is 7.11 Å². The Morgan fingerprint density at radius 3 is 2.50 bits per heavy atom. The fourth-order valence-electron chi connectivity index (χ4n) is 1.36. The number of fused-ring (bicyclic) bond motifs is 1. The minimum absolute atomic E-state index is 0.262. The number of phenols is 1. The Labute approximate surface area is 81.4 Å². The van der Waals surface area contributed by atoms with E-state index in [1.807, 2.05) is 18.2 Å². The van der Waals surface area contributed by atoms with Crippen molar-refractivity contribution in [2.75, 3.05) is 7.11 Å². The molecular formula is C11H10O3. The third-order valence-electron chi connectivity index (χ3n) is 1.97. The van der Waals surface area contributed by atoms with Crippen molar-refractivity contribution in [2.45, 2.75) is 0 Å². The van der Waals surface area contributed by atoms with Crippen molar-refractivity contribution in [1.29, 1.82) is 0 Å². The van der Waals surface area contributed by atoms with Gasteiger partial charge in [0.15, 0.2) is 5.75 Å². The van der Waals surface area contributed by atoms with Gasteiger partial charge < -0.3 is 9.99 Å². The molecule has 0 spiro atoms. The molecule has 2 rings (SSSR count). The highest BCUT2D eigenvalue weighted by molar-refractivity contribution is 5.85. The van der Waals surface area contributed by atoms with Crippen LogP contribution in [0.3, 0.4) is 0 Å². The van der Waals surface area contributed by atoms with E-state index in [0.29, 0.717) is 5.75 Å². The zero-order valence-electron chi connectivity index (χ0n) is 7.73. The van der Waals surface area contributed by atoms with Crippen molar-refractivity contribution < 1.29 is 14.9 Å². The third-order valence-corrected chi connectivity index (χ3v) is 1.97. The first kappa shape index (κ1) is 8.84. The average Bonchev–Trinajstić information content (AvgIpc) is 2.19. The summed E-state index contributed by atoms with van der Waals surface area (Å²) in [4.78, 5) is 9.43. The summed E-state index contributed by atoms with van der Waals surface area (Å²) in [5.41, 5.74) is 0. The quantitative estimate of drug-likeness (QED) is 0.584. The molecule has 72 valence electrons. The van der Waals surface area contributed by atoms with Gasteiger partial charge in [0.2, 0.25) is 0 Å². The molecule has 2 aromatic rings. The molecule has 0 radical (unpaired) electrons. The lowest BCUT2D eigenvalue weighted by Crippen LogP contribution is -1.89. The SMILES string of the molecule is COOc1ccc2cc(O)ccc2c1. The van der Waals surface area contributed by atoms with Crippen LogP contribution in [0.15, 0.2) is 36.4 Å². The van der Waals surface area contributed by atoms with E-state index < -0.39 is 0 Å². The topological polar surface area (TPSA) is 38.7 Å². The molecule has 2 aromatic carbocycles. The van der Waals surface area contributed by atoms with E-state index in [4.69, 9.17) is 4.89 Å². The summed E-state index contributed by atoms with van der Waals surface area (Å²) in [5, 5.41) is 11.2. The van der Waals surface area contributed by atoms with Crippen LogP contribution in [0.5, 0.6) is 11.5 Å². The molecule has 0 aromatic heterocycles. The van der Waals surface area contributed by atoms with Crippen molar-refractivity contribution in [3.8, 4) is 11.5 Å². The number of hydrogen-bond donors (Lipinski definition) is 1. The summed E-state index contributed by atoms with van der Waals surface area (Å²) in [6.45, 7) is 0. The zero-order chi connectivity index (χ0) is 9.97. The molecule has 0 atom stereocenters. The fourth-order valence-corrected chi connectivity index (χ4v) is 1.36. The van der Waals surface area contributed by atoms with Crippen LogP contribution in [0.25, 0.3) is 10.8 Å². The van der Waals surface area contributed by atoms with Crippen LogP contribution in [0.4, 0.5) is 0 Å². The highest BCUT2D eigenvalue weighted by Crippen LogP contribution is 2.24. The minimum atomic E-state index is 0.262. The Morgan fingerprint density at radius 1 is 1.00 bits per heavy atom. The van der Waals surface area contributed by atoms with Gasteiger partial charge in [-0.05, 0) is 35.0 Å². The first-order chi connectivity index (χ1) is 6.79. The summed E-state index contributed by atoms with van der Waals surface area (Å²) in [6.07, 6.45) is 0. The van der Waals surface area contributed by atoms with Crippen LogP contribution in [0.2, 0.25) is 0 Å². The highest BCUT2D eigenvalue weighted by atomic mass is 17.2. The molecule has 0 saturated carbocycles. The minimum Gasteiger partial charge on any atom is -0.508 e. The second kappa shape index (κ2) is 3.55. The molecule has 0 heterocycles. The maximum atomic E-state index is 9.25. The summed E-state index contributed by atoms with van der Waals surface area (Å²) in [7, 11) is 1.46. The van der Waals surface area contributed by atoms with Gasteiger partial charge in [-0.2, -0.15) is 4.89 Å². The Hall–Kier alpha value is -1.74. The molecule has 0 amide bonds. The van der Waals surface area contributed by atoms with Gasteiger partial charge >= 0.3 is 0 Å². The predicted octanol–water partition coefficient (Wildman–Crippen LogP) is 2.49. The Morgan fingerprint density at radius 2 is 1.71 bits per heavy atom. The van der Waals surface area contributed by atoms with Crippen molar-refractivity contribution in [3.05, 3.63) is 36.4 Å². The molecule has 1 N–H and O–H groups in total. The number of aromatic hydroxyl groups is 1. The predicted molar refractivity (Wildman–Crippen MR) is 53.2 cm³/mol. The van der Waals surface area contributed by atoms with Crippen LogP contribution in [-0.4, -0.2) is 12.2 Å². The molecule has 0 bridgehead atoms. The largest absolute Gasteiger partial charge is 0.508 e. The first-order valence-corrected chi connectivity index (χ1v) is 4.23. The van der Waals surface area contributed by atoms with Crippen LogP contribution < -0.4 is 4.89 Å². The number of benzene rings is 2. The lowest BCUT2D eigenvalue weighted by Gasteiger charge is -2.03. The molecule has 0 fully saturated rings. The lowest BCUT2D eigenvalue weighted by atomic mass is 10.1. The normalized spacial score (nSPS) is 10.4. The number of rotatable bonds is 2. The molecule has 0 aliphatic rings. The van der Waals surface area contributed by atoms with Crippen molar-refractivity contribution in [1.82, 2.24) is 0 Å². The van der Waals surface area contributed by atoms with Crippen LogP contribution >= 0.6 is 0 Å². The standard InChI is InChI=1S/C11H10O3/c1-13-14-11-5-3-8-6-10(12)4-2-9(8)7-11/h2-7,12H,1H3. The van der Waals surface area contributed by atoms with Crippen LogP contribution in [-0.2, 0) is 4.89 Å². The summed E-state index contributed by atoms with van der Waals surface area (Å²) in [5.74, 6) is 0.906. The maximum absolute atomic E-state index is 9.25. The van der Waals surface area contributed by atoms with Crippen molar-refractivity contribution in [3.63, 3.8) is 0 Å². The molecule has 0 unspecified atom stereocenters. The van der Waals surface area contributed by atoms with Gasteiger partial charge in [-0.25, -0.2) is 0 Å². The van der Waals surface area contributed by atoms with Gasteiger partial charge in [-0.15, -0.1) is 0 Å². The highest BCUT2D eigenvalue weighted by Gasteiger charge is 1.98. The van der Waals surface area contributed by atoms with E-state index in [1.165, 1.54) is 7.11 Å². The van der Waals surface area contributed by atoms with Gasteiger partial charge in [0.1, 0.15) is 5.75 Å². The second-order valence-corrected chi connectivity index (χ2v) is 2.94. The molecular weight excluding hydrogens is 180 g/mol. The number of hydrogen-bond acceptors (Lipinski definition) is 3. The molecule has 0 aliphatic carbocycles. The van der Waals surface area contributed by atoms with Gasteiger partial charge in [0.25, 0.3) is 0 Å². The molecule has 0 saturated heterocycles. The summed E-state index contributed by atoms with van der Waals surface area (Å²) in [6, 6.07) is 10.7. The van der Waals surface area contributed by atoms with Crippen LogP contribution in [0, 0.1) is 0 Å². The van der Waals surface area contributed by atoms with E-state index in [-0.39, 0.29) is 5.75 Å². The van der Waals surface area contributed by atoms with E-state index >= 15 is 0 Å². The smallest absolute Gasteiger partial charge is 0.166 e. The van der Waals surface area contributed by atoms with Gasteiger partial charge in [0, 0.05) is 0 Å². The van der Waals surface area contributed by atoms with Crippen molar-refractivity contribution in [2.24, 2.45) is 0 Å². The average molecular weight is 190 g/mol. The number of phenolic OH excluding ortho intramolecular Hbond substituents is 1. The van der Waals surface area contributed by atoms with Crippen molar-refractivity contribution >= 4 is 10.8 Å². The van der Waals surface area contributed by atoms with Gasteiger partial charge in [-0.3, -0.25) is 0 Å². The van der Waals surface area contributed by atoms with Gasteiger partial charge in [-0.1, -0.05) is 12.1 Å². The van der Waals surface area contributed by atoms with E-state index in [1.54, 1.807) is 18.2 Å². The van der Waals surface area contributed by atoms with Crippen LogP contribution in [0.1, 0.15) is 0 Å². The zero-order valence-corrected chi connectivity index (χ0v) is 7.73. The Bertz CT molecular complexity index is 451. The van der Waals surface area contributed by atoms with E-state index in [0.717, 1.165) is 10.8 Å². The molecule has 0 aliphatic heterocycles. The first-order valence-electron chi connectivity index (χ1n) is 4.23. The molecule has 3 heteroatoms. The molecule has 3 nitrogen and oxygen atoms in total. The lowest BCUT2D eigenvalue weighted by molar-refractivity contribution is -0.178. The fraction of sp³-hybridized carbons (Fsp3) is 0.0909. The maximum Gasteiger partial charge on any atom is 0.166 e. The summed E-state index contributed by atoms with van der Waals surface area (Å²) >= 11 is 0. The summed E-state index contributed by atoms with van der Waals surface area (Å²) < 4.78 is 0. The molecule has 14 heavy (non-hydrogen) atoms. The van der Waals surface area contributed by atoms with E-state index in [9.17, 15) is 5.11 Å². The monoisotopic (exact) mass is 190 g/mol. The third kappa shape index (κ3) is 1.63. The Kier molecular flexibility index (Phi) is 2.24. The Balaban J connectivity index is 2.50. The van der Waals surface area contributed by atoms with E-state index in [2.05, 4.69) is 4.89 Å².